The standard InChI is InChI=1S/C26H36O3Si/c1-7-16-22(21-25(27-8-2)28-9-3)29-30(26(4,5)6,23-17-12-10-13-18-23)24-19-14-11-15-20-24/h1,10-15,17-20,22,25H,8-9,16,21H2,2-6H3. The normalized spacial score (nSPS) is 13.2. The van der Waals surface area contributed by atoms with E-state index in [0.29, 0.717) is 26.1 Å². The van der Waals surface area contributed by atoms with Crippen LogP contribution in [0.5, 0.6) is 0 Å². The highest BCUT2D eigenvalue weighted by Gasteiger charge is 2.51. The van der Waals surface area contributed by atoms with Crippen LogP contribution in [-0.2, 0) is 13.9 Å². The lowest BCUT2D eigenvalue weighted by Crippen LogP contribution is -2.67. The molecule has 162 valence electrons. The van der Waals surface area contributed by atoms with Crippen LogP contribution in [0, 0.1) is 12.3 Å². The Hall–Kier alpha value is -1.90. The first-order valence-electron chi connectivity index (χ1n) is 10.8. The zero-order chi connectivity index (χ0) is 22.0. The molecule has 0 aliphatic heterocycles. The number of rotatable bonds is 11. The van der Waals surface area contributed by atoms with Gasteiger partial charge in [0.15, 0.2) is 6.29 Å². The molecule has 0 saturated heterocycles. The highest BCUT2D eigenvalue weighted by Crippen LogP contribution is 2.38. The van der Waals surface area contributed by atoms with Gasteiger partial charge in [-0.3, -0.25) is 0 Å². The molecule has 2 aromatic carbocycles. The largest absolute Gasteiger partial charge is 0.403 e. The van der Waals surface area contributed by atoms with Crippen LogP contribution in [0.2, 0.25) is 5.04 Å². The molecule has 0 saturated carbocycles. The van der Waals surface area contributed by atoms with Crippen molar-refractivity contribution in [3.8, 4) is 12.3 Å². The summed E-state index contributed by atoms with van der Waals surface area (Å²) in [7, 11) is -2.67. The zero-order valence-electron chi connectivity index (χ0n) is 19.1. The van der Waals surface area contributed by atoms with Crippen LogP contribution in [0.15, 0.2) is 60.7 Å². The highest BCUT2D eigenvalue weighted by molar-refractivity contribution is 6.99. The molecule has 4 heteroatoms. The van der Waals surface area contributed by atoms with E-state index in [4.69, 9.17) is 20.3 Å². The van der Waals surface area contributed by atoms with Crippen molar-refractivity contribution in [2.45, 2.75) is 64.9 Å². The summed E-state index contributed by atoms with van der Waals surface area (Å²) in [6.45, 7) is 12.0. The van der Waals surface area contributed by atoms with Gasteiger partial charge in [-0.15, -0.1) is 12.3 Å². The fourth-order valence-corrected chi connectivity index (χ4v) is 8.71. The lowest BCUT2D eigenvalue weighted by atomic mass is 10.2. The van der Waals surface area contributed by atoms with Gasteiger partial charge >= 0.3 is 0 Å². The molecule has 0 aliphatic rings. The Labute approximate surface area is 183 Å². The van der Waals surface area contributed by atoms with Crippen molar-refractivity contribution in [2.75, 3.05) is 13.2 Å². The van der Waals surface area contributed by atoms with Crippen molar-refractivity contribution in [3.63, 3.8) is 0 Å². The quantitative estimate of drug-likeness (QED) is 0.296. The first-order chi connectivity index (χ1) is 14.4. The van der Waals surface area contributed by atoms with E-state index in [1.165, 1.54) is 10.4 Å². The van der Waals surface area contributed by atoms with Crippen molar-refractivity contribution >= 4 is 18.7 Å². The SMILES string of the molecule is C#CCC(CC(OCC)OCC)O[Si](c1ccccc1)(c1ccccc1)C(C)(C)C. The Morgan fingerprint density at radius 3 is 1.70 bits per heavy atom. The summed E-state index contributed by atoms with van der Waals surface area (Å²) in [5.74, 6) is 2.82. The van der Waals surface area contributed by atoms with Crippen LogP contribution >= 0.6 is 0 Å². The molecule has 0 aromatic heterocycles. The molecule has 0 aliphatic carbocycles. The fourth-order valence-electron chi connectivity index (χ4n) is 4.02. The number of hydrogen-bond donors (Lipinski definition) is 0. The second-order valence-corrected chi connectivity index (χ2v) is 12.6. The summed E-state index contributed by atoms with van der Waals surface area (Å²) in [6, 6.07) is 21.2. The molecule has 0 fully saturated rings. The molecule has 2 aromatic rings. The number of ether oxygens (including phenoxy) is 2. The molecule has 0 amide bonds. The molecule has 1 atom stereocenters. The van der Waals surface area contributed by atoms with E-state index in [1.54, 1.807) is 0 Å². The molecule has 0 spiro atoms. The molecule has 0 bridgehead atoms. The van der Waals surface area contributed by atoms with Crippen LogP contribution in [0.4, 0.5) is 0 Å². The van der Waals surface area contributed by atoms with Crippen LogP contribution in [-0.4, -0.2) is 33.9 Å². The van der Waals surface area contributed by atoms with Gasteiger partial charge < -0.3 is 13.9 Å². The zero-order valence-corrected chi connectivity index (χ0v) is 20.1. The summed E-state index contributed by atoms with van der Waals surface area (Å²) in [4.78, 5) is 0. The van der Waals surface area contributed by atoms with E-state index in [9.17, 15) is 0 Å². The maximum Gasteiger partial charge on any atom is 0.261 e. The lowest BCUT2D eigenvalue weighted by Gasteiger charge is -2.45. The van der Waals surface area contributed by atoms with Gasteiger partial charge in [-0.05, 0) is 29.3 Å². The molecule has 30 heavy (non-hydrogen) atoms. The fraction of sp³-hybridized carbons (Fsp3) is 0.462. The van der Waals surface area contributed by atoms with E-state index < -0.39 is 8.32 Å². The molecular formula is C26H36O3Si. The first kappa shape index (κ1) is 24.4. The van der Waals surface area contributed by atoms with Crippen molar-refractivity contribution in [3.05, 3.63) is 60.7 Å². The topological polar surface area (TPSA) is 27.7 Å². The van der Waals surface area contributed by atoms with Crippen molar-refractivity contribution in [1.29, 1.82) is 0 Å². The molecule has 1 unspecified atom stereocenters. The minimum absolute atomic E-state index is 0.102. The van der Waals surface area contributed by atoms with Gasteiger partial charge in [0.05, 0.1) is 6.10 Å². The molecular weight excluding hydrogens is 388 g/mol. The third-order valence-corrected chi connectivity index (χ3v) is 10.4. The smallest absolute Gasteiger partial charge is 0.261 e. The number of hydrogen-bond acceptors (Lipinski definition) is 3. The Bertz CT molecular complexity index is 732. The van der Waals surface area contributed by atoms with Crippen LogP contribution in [0.1, 0.15) is 47.5 Å². The second kappa shape index (κ2) is 11.5. The first-order valence-corrected chi connectivity index (χ1v) is 12.7. The average molecular weight is 425 g/mol. The molecule has 2 rings (SSSR count). The van der Waals surface area contributed by atoms with Gasteiger partial charge in [-0.2, -0.15) is 0 Å². The van der Waals surface area contributed by atoms with E-state index in [-0.39, 0.29) is 17.4 Å². The summed E-state index contributed by atoms with van der Waals surface area (Å²) >= 11 is 0. The van der Waals surface area contributed by atoms with Crippen LogP contribution in [0.25, 0.3) is 0 Å². The Kier molecular flexibility index (Phi) is 9.32. The van der Waals surface area contributed by atoms with Crippen LogP contribution < -0.4 is 10.4 Å². The summed E-state index contributed by atoms with van der Waals surface area (Å²) < 4.78 is 18.8. The van der Waals surface area contributed by atoms with Gasteiger partial charge in [-0.1, -0.05) is 81.4 Å². The lowest BCUT2D eigenvalue weighted by molar-refractivity contribution is -0.150. The van der Waals surface area contributed by atoms with E-state index in [0.717, 1.165) is 0 Å². The van der Waals surface area contributed by atoms with Crippen molar-refractivity contribution in [2.24, 2.45) is 0 Å². The van der Waals surface area contributed by atoms with Crippen molar-refractivity contribution in [1.82, 2.24) is 0 Å². The predicted octanol–water partition coefficient (Wildman–Crippen LogP) is 4.74. The summed E-state index contributed by atoms with van der Waals surface area (Å²) in [5, 5.41) is 2.39. The van der Waals surface area contributed by atoms with Gasteiger partial charge in [0.1, 0.15) is 0 Å². The Morgan fingerprint density at radius 2 is 1.33 bits per heavy atom. The molecule has 3 nitrogen and oxygen atoms in total. The monoisotopic (exact) mass is 424 g/mol. The highest BCUT2D eigenvalue weighted by atomic mass is 28.4. The minimum atomic E-state index is -2.67. The van der Waals surface area contributed by atoms with Crippen LogP contribution in [0.3, 0.4) is 0 Å². The maximum atomic E-state index is 7.17. The van der Waals surface area contributed by atoms with E-state index in [1.807, 2.05) is 13.8 Å². The average Bonchev–Trinajstić information content (AvgIpc) is 2.73. The van der Waals surface area contributed by atoms with Gasteiger partial charge in [0.2, 0.25) is 0 Å². The van der Waals surface area contributed by atoms with E-state index >= 15 is 0 Å². The second-order valence-electron chi connectivity index (χ2n) is 8.39. The van der Waals surface area contributed by atoms with Gasteiger partial charge in [0, 0.05) is 26.1 Å². The number of benzene rings is 2. The third kappa shape index (κ3) is 5.83. The van der Waals surface area contributed by atoms with Crippen molar-refractivity contribution < 1.29 is 13.9 Å². The maximum absolute atomic E-state index is 7.17. The minimum Gasteiger partial charge on any atom is -0.403 e. The van der Waals surface area contributed by atoms with E-state index in [2.05, 4.69) is 87.4 Å². The van der Waals surface area contributed by atoms with Gasteiger partial charge in [0.25, 0.3) is 8.32 Å². The predicted molar refractivity (Wildman–Crippen MR) is 128 cm³/mol. The number of terminal acetylenes is 1. The molecule has 0 radical (unpaired) electrons. The Morgan fingerprint density at radius 1 is 0.867 bits per heavy atom. The molecule has 0 N–H and O–H groups in total. The summed E-state index contributed by atoms with van der Waals surface area (Å²) in [6.07, 6.45) is 6.40. The Balaban J connectivity index is 2.56. The third-order valence-electron chi connectivity index (χ3n) is 5.27. The van der Waals surface area contributed by atoms with Gasteiger partial charge in [-0.25, -0.2) is 0 Å². The molecule has 0 heterocycles. The summed E-state index contributed by atoms with van der Waals surface area (Å²) in [5.41, 5.74) is 0.